The molecule has 2 amide bonds. The highest BCUT2D eigenvalue weighted by molar-refractivity contribution is 9.10. The quantitative estimate of drug-likeness (QED) is 0.693. The Morgan fingerprint density at radius 3 is 2.52 bits per heavy atom. The Bertz CT molecular complexity index is 736. The number of benzene rings is 1. The Labute approximate surface area is 155 Å². The average Bonchev–Trinajstić information content (AvgIpc) is 2.58. The van der Waals surface area contributed by atoms with Gasteiger partial charge in [-0.2, -0.15) is 0 Å². The van der Waals surface area contributed by atoms with Gasteiger partial charge in [0.1, 0.15) is 5.75 Å². The molecular weight excluding hydrogens is 386 g/mol. The van der Waals surface area contributed by atoms with E-state index in [0.717, 1.165) is 4.47 Å². The van der Waals surface area contributed by atoms with Gasteiger partial charge in [0.15, 0.2) is 0 Å². The van der Waals surface area contributed by atoms with Crippen molar-refractivity contribution in [3.05, 3.63) is 58.3 Å². The highest BCUT2D eigenvalue weighted by atomic mass is 79.9. The first-order valence-electron chi connectivity index (χ1n) is 7.90. The Kier molecular flexibility index (Phi) is 6.94. The first kappa shape index (κ1) is 18.9. The fourth-order valence-corrected chi connectivity index (χ4v) is 2.42. The van der Waals surface area contributed by atoms with Crippen molar-refractivity contribution >= 4 is 27.7 Å². The minimum absolute atomic E-state index is 0.0420. The van der Waals surface area contributed by atoms with Crippen LogP contribution >= 0.6 is 15.9 Å². The fraction of sp³-hybridized carbons (Fsp3) is 0.278. The number of halogens is 1. The number of carbonyl (C=O) groups is 2. The van der Waals surface area contributed by atoms with Crippen LogP contribution in [0.4, 0.5) is 0 Å². The molecule has 2 aromatic rings. The molecule has 2 rings (SSSR count). The van der Waals surface area contributed by atoms with Gasteiger partial charge in [0.2, 0.25) is 0 Å². The lowest BCUT2D eigenvalue weighted by molar-refractivity contribution is 0.0924. The molecule has 1 heterocycles. The molecule has 0 aliphatic rings. The predicted molar refractivity (Wildman–Crippen MR) is 98.8 cm³/mol. The van der Waals surface area contributed by atoms with E-state index in [1.54, 1.807) is 36.5 Å². The molecule has 1 aromatic heterocycles. The largest absolute Gasteiger partial charge is 0.490 e. The lowest BCUT2D eigenvalue weighted by atomic mass is 10.2. The molecule has 0 aliphatic carbocycles. The standard InChI is InChI=1S/C18H20BrN3O3/c1-12(2)25-16-10-14(19)5-6-15(16)18(24)22-9-8-21-17(23)13-4-3-7-20-11-13/h3-7,10-12H,8-9H2,1-2H3,(H,21,23)(H,22,24). The Morgan fingerprint density at radius 1 is 1.16 bits per heavy atom. The molecule has 0 aliphatic heterocycles. The number of carbonyl (C=O) groups excluding carboxylic acids is 2. The highest BCUT2D eigenvalue weighted by Gasteiger charge is 2.14. The number of hydrogen-bond donors (Lipinski definition) is 2. The lowest BCUT2D eigenvalue weighted by Crippen LogP contribution is -2.35. The number of aromatic nitrogens is 1. The van der Waals surface area contributed by atoms with Crippen LogP contribution in [0, 0.1) is 0 Å². The summed E-state index contributed by atoms with van der Waals surface area (Å²) in [5, 5.41) is 5.50. The smallest absolute Gasteiger partial charge is 0.255 e. The van der Waals surface area contributed by atoms with E-state index >= 15 is 0 Å². The molecule has 132 valence electrons. The second-order valence-corrected chi connectivity index (χ2v) is 6.48. The first-order valence-corrected chi connectivity index (χ1v) is 8.69. The second-order valence-electron chi connectivity index (χ2n) is 5.56. The predicted octanol–water partition coefficient (Wildman–Crippen LogP) is 2.79. The minimum Gasteiger partial charge on any atom is -0.490 e. The molecule has 2 N–H and O–H groups in total. The van der Waals surface area contributed by atoms with Crippen molar-refractivity contribution in [3.8, 4) is 5.75 Å². The number of pyridine rings is 1. The summed E-state index contributed by atoms with van der Waals surface area (Å²) in [6, 6.07) is 8.62. The van der Waals surface area contributed by atoms with E-state index in [2.05, 4.69) is 31.5 Å². The lowest BCUT2D eigenvalue weighted by Gasteiger charge is -2.14. The van der Waals surface area contributed by atoms with Gasteiger partial charge in [-0.15, -0.1) is 0 Å². The normalized spacial score (nSPS) is 10.4. The maximum absolute atomic E-state index is 12.3. The van der Waals surface area contributed by atoms with Crippen molar-refractivity contribution in [1.82, 2.24) is 15.6 Å². The van der Waals surface area contributed by atoms with Gasteiger partial charge in [-0.25, -0.2) is 0 Å². The van der Waals surface area contributed by atoms with E-state index in [-0.39, 0.29) is 17.9 Å². The van der Waals surface area contributed by atoms with Crippen molar-refractivity contribution in [2.45, 2.75) is 20.0 Å². The minimum atomic E-state index is -0.251. The van der Waals surface area contributed by atoms with Crippen LogP contribution in [0.25, 0.3) is 0 Å². The molecule has 0 bridgehead atoms. The van der Waals surface area contributed by atoms with Crippen LogP contribution in [0.5, 0.6) is 5.75 Å². The van der Waals surface area contributed by atoms with Crippen LogP contribution in [0.2, 0.25) is 0 Å². The molecule has 0 unspecified atom stereocenters. The third kappa shape index (κ3) is 5.86. The summed E-state index contributed by atoms with van der Waals surface area (Å²) in [6.07, 6.45) is 3.05. The zero-order valence-corrected chi connectivity index (χ0v) is 15.7. The van der Waals surface area contributed by atoms with Gasteiger partial charge in [0, 0.05) is 30.0 Å². The van der Waals surface area contributed by atoms with Crippen LogP contribution in [0.1, 0.15) is 34.6 Å². The zero-order valence-electron chi connectivity index (χ0n) is 14.1. The number of ether oxygens (including phenoxy) is 1. The van der Waals surface area contributed by atoms with Gasteiger partial charge in [-0.05, 0) is 44.2 Å². The van der Waals surface area contributed by atoms with Gasteiger partial charge < -0.3 is 15.4 Å². The summed E-state index contributed by atoms with van der Waals surface area (Å²) >= 11 is 3.37. The van der Waals surface area contributed by atoms with Crippen molar-refractivity contribution < 1.29 is 14.3 Å². The molecular formula is C18H20BrN3O3. The molecule has 7 heteroatoms. The first-order chi connectivity index (χ1) is 12.0. The van der Waals surface area contributed by atoms with E-state index in [9.17, 15) is 9.59 Å². The van der Waals surface area contributed by atoms with E-state index in [1.165, 1.54) is 6.20 Å². The topological polar surface area (TPSA) is 80.3 Å². The summed E-state index contributed by atoms with van der Waals surface area (Å²) in [4.78, 5) is 28.1. The van der Waals surface area contributed by atoms with Gasteiger partial charge in [0.05, 0.1) is 17.2 Å². The Hall–Kier alpha value is -2.41. The molecule has 0 radical (unpaired) electrons. The van der Waals surface area contributed by atoms with Gasteiger partial charge in [-0.3, -0.25) is 14.6 Å². The molecule has 25 heavy (non-hydrogen) atoms. The van der Waals surface area contributed by atoms with E-state index in [1.807, 2.05) is 13.8 Å². The number of rotatable bonds is 7. The third-order valence-corrected chi connectivity index (χ3v) is 3.66. The van der Waals surface area contributed by atoms with Crippen molar-refractivity contribution in [2.24, 2.45) is 0 Å². The highest BCUT2D eigenvalue weighted by Crippen LogP contribution is 2.24. The average molecular weight is 406 g/mol. The fourth-order valence-electron chi connectivity index (χ4n) is 2.08. The van der Waals surface area contributed by atoms with E-state index in [4.69, 9.17) is 4.74 Å². The number of nitrogens with zero attached hydrogens (tertiary/aromatic N) is 1. The zero-order chi connectivity index (χ0) is 18.2. The monoisotopic (exact) mass is 405 g/mol. The molecule has 0 fully saturated rings. The van der Waals surface area contributed by atoms with Crippen LogP contribution in [-0.2, 0) is 0 Å². The summed E-state index contributed by atoms with van der Waals surface area (Å²) in [5.74, 6) is 0.0369. The van der Waals surface area contributed by atoms with Crippen molar-refractivity contribution in [1.29, 1.82) is 0 Å². The second kappa shape index (κ2) is 9.17. The molecule has 0 spiro atoms. The van der Waals surface area contributed by atoms with Gasteiger partial charge >= 0.3 is 0 Å². The maximum atomic E-state index is 12.3. The van der Waals surface area contributed by atoms with E-state index in [0.29, 0.717) is 30.0 Å². The van der Waals surface area contributed by atoms with Crippen molar-refractivity contribution in [3.63, 3.8) is 0 Å². The molecule has 0 atom stereocenters. The molecule has 0 saturated heterocycles. The summed E-state index contributed by atoms with van der Waals surface area (Å²) in [5.41, 5.74) is 0.935. The van der Waals surface area contributed by atoms with Crippen molar-refractivity contribution in [2.75, 3.05) is 13.1 Å². The number of amides is 2. The summed E-state index contributed by atoms with van der Waals surface area (Å²) in [6.45, 7) is 4.42. The molecule has 0 saturated carbocycles. The van der Waals surface area contributed by atoms with Crippen LogP contribution in [-0.4, -0.2) is 36.0 Å². The summed E-state index contributed by atoms with van der Waals surface area (Å²) in [7, 11) is 0. The summed E-state index contributed by atoms with van der Waals surface area (Å²) < 4.78 is 6.52. The van der Waals surface area contributed by atoms with Gasteiger partial charge in [-0.1, -0.05) is 15.9 Å². The molecule has 6 nitrogen and oxygen atoms in total. The van der Waals surface area contributed by atoms with E-state index < -0.39 is 0 Å². The Morgan fingerprint density at radius 2 is 1.88 bits per heavy atom. The molecule has 1 aromatic carbocycles. The van der Waals surface area contributed by atoms with Crippen LogP contribution < -0.4 is 15.4 Å². The van der Waals surface area contributed by atoms with Crippen LogP contribution in [0.15, 0.2) is 47.2 Å². The third-order valence-electron chi connectivity index (χ3n) is 3.17. The maximum Gasteiger partial charge on any atom is 0.255 e. The van der Waals surface area contributed by atoms with Crippen LogP contribution in [0.3, 0.4) is 0 Å². The Balaban J connectivity index is 1.87. The SMILES string of the molecule is CC(C)Oc1cc(Br)ccc1C(=O)NCCNC(=O)c1cccnc1. The number of nitrogens with one attached hydrogen (secondary N) is 2. The number of hydrogen-bond acceptors (Lipinski definition) is 4. The van der Waals surface area contributed by atoms with Gasteiger partial charge in [0.25, 0.3) is 11.8 Å².